The Hall–Kier alpha value is -3.02. The van der Waals surface area contributed by atoms with Crippen LogP contribution in [0, 0.1) is 5.41 Å². The summed E-state index contributed by atoms with van der Waals surface area (Å²) in [6.07, 6.45) is 0. The molecule has 0 fully saturated rings. The summed E-state index contributed by atoms with van der Waals surface area (Å²) in [5.74, 6) is 0.238. The first-order valence-corrected chi connectivity index (χ1v) is 11.0. The minimum atomic E-state index is -0.157. The molecule has 0 unspecified atom stereocenters. The van der Waals surface area contributed by atoms with Gasteiger partial charge in [0.15, 0.2) is 0 Å². The van der Waals surface area contributed by atoms with Crippen LogP contribution in [0.3, 0.4) is 0 Å². The van der Waals surface area contributed by atoms with Crippen molar-refractivity contribution in [2.45, 2.75) is 26.3 Å². The number of nitrogen functional groups attached to an aromatic ring is 1. The van der Waals surface area contributed by atoms with Gasteiger partial charge in [-0.1, -0.05) is 67.4 Å². The topological polar surface area (TPSA) is 82.2 Å². The standard InChI is InChI=1S/C25H26Cl2N4O/c1-16(2)18-7-9-20(10-8-18)30-24(32)15-31(14-17-6-11-22(26)23(27)12-17)21-5-3-4-19(13-21)25(28)29/h3-13,16H,14-15H2,1-2H3,(H3,28,29)(H,30,32). The number of hydrogen-bond donors (Lipinski definition) is 3. The number of nitrogens with two attached hydrogens (primary N) is 1. The van der Waals surface area contributed by atoms with E-state index in [1.165, 1.54) is 5.56 Å². The van der Waals surface area contributed by atoms with E-state index >= 15 is 0 Å². The Bertz CT molecular complexity index is 1110. The third-order valence-electron chi connectivity index (χ3n) is 5.08. The first-order valence-electron chi connectivity index (χ1n) is 10.3. The van der Waals surface area contributed by atoms with E-state index in [4.69, 9.17) is 34.3 Å². The fourth-order valence-corrected chi connectivity index (χ4v) is 3.61. The smallest absolute Gasteiger partial charge is 0.243 e. The van der Waals surface area contributed by atoms with E-state index in [9.17, 15) is 4.79 Å². The van der Waals surface area contributed by atoms with Crippen LogP contribution in [0.15, 0.2) is 66.7 Å². The molecule has 0 saturated heterocycles. The van der Waals surface area contributed by atoms with Crippen molar-refractivity contribution in [1.29, 1.82) is 5.41 Å². The zero-order chi connectivity index (χ0) is 23.3. The summed E-state index contributed by atoms with van der Waals surface area (Å²) in [4.78, 5) is 14.8. The van der Waals surface area contributed by atoms with E-state index < -0.39 is 0 Å². The van der Waals surface area contributed by atoms with E-state index in [2.05, 4.69) is 19.2 Å². The lowest BCUT2D eigenvalue weighted by atomic mass is 10.0. The Labute approximate surface area is 198 Å². The Morgan fingerprint density at radius 1 is 1.03 bits per heavy atom. The van der Waals surface area contributed by atoms with Gasteiger partial charge in [-0.25, -0.2) is 0 Å². The van der Waals surface area contributed by atoms with Gasteiger partial charge < -0.3 is 16.0 Å². The highest BCUT2D eigenvalue weighted by atomic mass is 35.5. The van der Waals surface area contributed by atoms with Gasteiger partial charge >= 0.3 is 0 Å². The Balaban J connectivity index is 1.82. The average molecular weight is 469 g/mol. The molecule has 0 saturated carbocycles. The van der Waals surface area contributed by atoms with Crippen LogP contribution in [0.25, 0.3) is 0 Å². The first-order chi connectivity index (χ1) is 15.2. The van der Waals surface area contributed by atoms with Gasteiger partial charge in [-0.3, -0.25) is 10.2 Å². The number of amidine groups is 1. The molecule has 3 aromatic carbocycles. The van der Waals surface area contributed by atoms with Crippen LogP contribution in [0.2, 0.25) is 10.0 Å². The minimum absolute atomic E-state index is 0.0315. The van der Waals surface area contributed by atoms with Gasteiger partial charge in [-0.2, -0.15) is 0 Å². The molecule has 0 spiro atoms. The molecule has 0 aliphatic carbocycles. The molecule has 5 nitrogen and oxygen atoms in total. The summed E-state index contributed by atoms with van der Waals surface area (Å²) in [6, 6.07) is 20.5. The number of anilines is 2. The molecule has 0 aliphatic heterocycles. The van der Waals surface area contributed by atoms with Crippen LogP contribution < -0.4 is 16.0 Å². The van der Waals surface area contributed by atoms with Gasteiger partial charge in [0.05, 0.1) is 16.6 Å². The molecule has 0 bridgehead atoms. The Morgan fingerprint density at radius 3 is 2.38 bits per heavy atom. The molecular formula is C25H26Cl2N4O. The molecule has 0 aliphatic rings. The molecule has 3 aromatic rings. The van der Waals surface area contributed by atoms with Crippen LogP contribution in [-0.2, 0) is 11.3 Å². The molecule has 32 heavy (non-hydrogen) atoms. The fraction of sp³-hybridized carbons (Fsp3) is 0.200. The lowest BCUT2D eigenvalue weighted by molar-refractivity contribution is -0.115. The van der Waals surface area contributed by atoms with Crippen LogP contribution in [0.1, 0.15) is 36.5 Å². The maximum atomic E-state index is 12.9. The van der Waals surface area contributed by atoms with Crippen molar-refractivity contribution in [1.82, 2.24) is 0 Å². The number of nitrogens with zero attached hydrogens (tertiary/aromatic N) is 1. The Kier molecular flexibility index (Phi) is 7.78. The van der Waals surface area contributed by atoms with E-state index in [1.54, 1.807) is 24.3 Å². The number of halogens is 2. The number of hydrogen-bond acceptors (Lipinski definition) is 3. The predicted octanol–water partition coefficient (Wildman–Crippen LogP) is 6.05. The number of rotatable bonds is 8. The average Bonchev–Trinajstić information content (AvgIpc) is 2.76. The predicted molar refractivity (Wildman–Crippen MR) is 134 cm³/mol. The highest BCUT2D eigenvalue weighted by Gasteiger charge is 2.15. The third kappa shape index (κ3) is 6.25. The van der Waals surface area contributed by atoms with Crippen molar-refractivity contribution in [3.63, 3.8) is 0 Å². The number of carbonyl (C=O) groups is 1. The van der Waals surface area contributed by atoms with Crippen molar-refractivity contribution < 1.29 is 4.79 Å². The molecule has 3 rings (SSSR count). The zero-order valence-electron chi connectivity index (χ0n) is 18.0. The molecular weight excluding hydrogens is 443 g/mol. The summed E-state index contributed by atoms with van der Waals surface area (Å²) in [7, 11) is 0. The van der Waals surface area contributed by atoms with Crippen molar-refractivity contribution >= 4 is 46.3 Å². The third-order valence-corrected chi connectivity index (χ3v) is 5.81. The van der Waals surface area contributed by atoms with Gasteiger partial charge in [0.2, 0.25) is 5.91 Å². The van der Waals surface area contributed by atoms with Gasteiger partial charge in [0.1, 0.15) is 5.84 Å². The van der Waals surface area contributed by atoms with Crippen molar-refractivity contribution in [3.8, 4) is 0 Å². The van der Waals surface area contributed by atoms with E-state index in [0.29, 0.717) is 28.1 Å². The van der Waals surface area contributed by atoms with Crippen molar-refractivity contribution in [2.24, 2.45) is 5.73 Å². The number of carbonyl (C=O) groups excluding carboxylic acids is 1. The highest BCUT2D eigenvalue weighted by Crippen LogP contribution is 2.25. The summed E-state index contributed by atoms with van der Waals surface area (Å²) in [5, 5.41) is 11.6. The number of amides is 1. The largest absolute Gasteiger partial charge is 0.384 e. The molecule has 4 N–H and O–H groups in total. The summed E-state index contributed by atoms with van der Waals surface area (Å²) in [6.45, 7) is 4.79. The summed E-state index contributed by atoms with van der Waals surface area (Å²) >= 11 is 12.2. The maximum Gasteiger partial charge on any atom is 0.243 e. The SMILES string of the molecule is CC(C)c1ccc(NC(=O)CN(Cc2ccc(Cl)c(Cl)c2)c2cccc(C(=N)N)c2)cc1. The number of benzene rings is 3. The monoisotopic (exact) mass is 468 g/mol. The van der Waals surface area contributed by atoms with Gasteiger partial charge in [-0.05, 0) is 53.4 Å². The molecule has 0 heterocycles. The van der Waals surface area contributed by atoms with Crippen LogP contribution in [0.4, 0.5) is 11.4 Å². The Morgan fingerprint density at radius 2 is 1.75 bits per heavy atom. The molecule has 166 valence electrons. The molecule has 1 amide bonds. The zero-order valence-corrected chi connectivity index (χ0v) is 19.5. The second kappa shape index (κ2) is 10.5. The normalized spacial score (nSPS) is 10.8. The molecule has 0 radical (unpaired) electrons. The summed E-state index contributed by atoms with van der Waals surface area (Å²) in [5.41, 5.74) is 9.88. The fourth-order valence-electron chi connectivity index (χ4n) is 3.29. The second-order valence-corrected chi connectivity index (χ2v) is 8.71. The van der Waals surface area contributed by atoms with E-state index in [0.717, 1.165) is 16.9 Å². The maximum absolute atomic E-state index is 12.9. The van der Waals surface area contributed by atoms with Crippen LogP contribution >= 0.6 is 23.2 Å². The van der Waals surface area contributed by atoms with Gasteiger partial charge in [-0.15, -0.1) is 0 Å². The lowest BCUT2D eigenvalue weighted by Gasteiger charge is -2.25. The van der Waals surface area contributed by atoms with Crippen molar-refractivity contribution in [2.75, 3.05) is 16.8 Å². The summed E-state index contributed by atoms with van der Waals surface area (Å²) < 4.78 is 0. The van der Waals surface area contributed by atoms with Gasteiger partial charge in [0.25, 0.3) is 0 Å². The first kappa shape index (κ1) is 23.6. The second-order valence-electron chi connectivity index (χ2n) is 7.89. The lowest BCUT2D eigenvalue weighted by Crippen LogP contribution is -2.33. The minimum Gasteiger partial charge on any atom is -0.384 e. The van der Waals surface area contributed by atoms with Gasteiger partial charge in [0, 0.05) is 23.5 Å². The van der Waals surface area contributed by atoms with Crippen LogP contribution in [0.5, 0.6) is 0 Å². The molecule has 0 atom stereocenters. The van der Waals surface area contributed by atoms with Crippen molar-refractivity contribution in [3.05, 3.63) is 93.5 Å². The molecule has 7 heteroatoms. The molecule has 0 aromatic heterocycles. The van der Waals surface area contributed by atoms with Crippen LogP contribution in [-0.4, -0.2) is 18.3 Å². The number of nitrogens with one attached hydrogen (secondary N) is 2. The highest BCUT2D eigenvalue weighted by molar-refractivity contribution is 6.42. The van der Waals surface area contributed by atoms with E-state index in [1.807, 2.05) is 47.4 Å². The van der Waals surface area contributed by atoms with E-state index in [-0.39, 0.29) is 18.3 Å². The quantitative estimate of drug-likeness (QED) is 0.278.